The van der Waals surface area contributed by atoms with Crippen molar-refractivity contribution in [3.63, 3.8) is 0 Å². The number of allylic oxidation sites excluding steroid dienone is 3. The molecule has 0 aliphatic heterocycles. The molecule has 3 saturated carbocycles. The molecule has 22 heavy (non-hydrogen) atoms. The van der Waals surface area contributed by atoms with E-state index in [9.17, 15) is 4.79 Å². The van der Waals surface area contributed by atoms with Crippen LogP contribution in [0.1, 0.15) is 64.2 Å². The molecule has 2 heteroatoms. The first-order valence-corrected chi connectivity index (χ1v) is 9.30. The second kappa shape index (κ2) is 5.86. The first-order valence-electron chi connectivity index (χ1n) is 9.30. The van der Waals surface area contributed by atoms with E-state index in [4.69, 9.17) is 4.74 Å². The van der Waals surface area contributed by atoms with Crippen LogP contribution < -0.4 is 0 Å². The molecule has 4 aliphatic carbocycles. The van der Waals surface area contributed by atoms with Gasteiger partial charge in [-0.05, 0) is 67.9 Å². The summed E-state index contributed by atoms with van der Waals surface area (Å²) in [6.07, 6.45) is 15.4. The fraction of sp³-hybridized carbons (Fsp3) is 0.750. The summed E-state index contributed by atoms with van der Waals surface area (Å²) >= 11 is 0. The van der Waals surface area contributed by atoms with Crippen molar-refractivity contribution in [1.82, 2.24) is 0 Å². The lowest BCUT2D eigenvalue weighted by molar-refractivity contribution is -0.146. The predicted octanol–water partition coefficient (Wildman–Crippen LogP) is 4.80. The second-order valence-corrected chi connectivity index (χ2v) is 7.72. The van der Waals surface area contributed by atoms with Gasteiger partial charge in [0.25, 0.3) is 0 Å². The van der Waals surface area contributed by atoms with Crippen molar-refractivity contribution >= 4 is 5.97 Å². The molecule has 1 unspecified atom stereocenters. The maximum absolute atomic E-state index is 12.5. The smallest absolute Gasteiger partial charge is 0.313 e. The number of methoxy groups -OCH3 is 1. The molecule has 2 nitrogen and oxygen atoms in total. The quantitative estimate of drug-likeness (QED) is 0.650. The van der Waals surface area contributed by atoms with Crippen molar-refractivity contribution in [2.24, 2.45) is 23.7 Å². The normalized spacial score (nSPS) is 37.6. The fourth-order valence-electron chi connectivity index (χ4n) is 5.82. The van der Waals surface area contributed by atoms with Crippen LogP contribution in [0.2, 0.25) is 0 Å². The average Bonchev–Trinajstić information content (AvgIpc) is 2.59. The number of hydrogen-bond donors (Lipinski definition) is 0. The van der Waals surface area contributed by atoms with Crippen LogP contribution in [0, 0.1) is 23.7 Å². The molecule has 4 aliphatic rings. The molecular formula is C20H28O2. The first-order chi connectivity index (χ1) is 10.8. The van der Waals surface area contributed by atoms with Crippen LogP contribution >= 0.6 is 0 Å². The van der Waals surface area contributed by atoms with Crippen LogP contribution in [0.15, 0.2) is 22.8 Å². The Labute approximate surface area is 134 Å². The van der Waals surface area contributed by atoms with Gasteiger partial charge in [-0.1, -0.05) is 30.9 Å². The van der Waals surface area contributed by atoms with Gasteiger partial charge >= 0.3 is 5.97 Å². The number of carbonyl (C=O) groups excluding carboxylic acids is 1. The Kier molecular flexibility index (Phi) is 3.88. The molecule has 0 radical (unpaired) electrons. The van der Waals surface area contributed by atoms with Crippen molar-refractivity contribution in [3.8, 4) is 0 Å². The third kappa shape index (κ3) is 2.26. The van der Waals surface area contributed by atoms with E-state index in [-0.39, 0.29) is 11.9 Å². The zero-order chi connectivity index (χ0) is 15.1. The topological polar surface area (TPSA) is 26.3 Å². The van der Waals surface area contributed by atoms with Crippen LogP contribution in [0.5, 0.6) is 0 Å². The lowest BCUT2D eigenvalue weighted by atomic mass is 9.56. The van der Waals surface area contributed by atoms with E-state index >= 15 is 0 Å². The maximum atomic E-state index is 12.5. The van der Waals surface area contributed by atoms with Gasteiger partial charge in [-0.3, -0.25) is 4.79 Å². The van der Waals surface area contributed by atoms with E-state index in [2.05, 4.69) is 6.08 Å². The standard InChI is InChI=1S/C20H28O2/c1-22-20(21)18-12-14-7-3-4-8-15(14)17-11-10-13-6-2-5-9-16(13)19(17)18/h12-13,16,18-19H,2-11H2,1H3/t13-,16+,18+,19?/m0/s1. The van der Waals surface area contributed by atoms with Gasteiger partial charge in [0.1, 0.15) is 0 Å². The van der Waals surface area contributed by atoms with E-state index in [0.29, 0.717) is 5.92 Å². The summed E-state index contributed by atoms with van der Waals surface area (Å²) in [7, 11) is 1.56. The van der Waals surface area contributed by atoms with Gasteiger partial charge < -0.3 is 4.74 Å². The highest BCUT2D eigenvalue weighted by Gasteiger charge is 2.46. The monoisotopic (exact) mass is 300 g/mol. The van der Waals surface area contributed by atoms with Crippen molar-refractivity contribution in [2.45, 2.75) is 64.2 Å². The minimum Gasteiger partial charge on any atom is -0.469 e. The lowest BCUT2D eigenvalue weighted by Crippen LogP contribution is -2.41. The Balaban J connectivity index is 1.75. The van der Waals surface area contributed by atoms with Gasteiger partial charge in [0.2, 0.25) is 0 Å². The highest BCUT2D eigenvalue weighted by Crippen LogP contribution is 2.54. The minimum absolute atomic E-state index is 0.00255. The fourth-order valence-corrected chi connectivity index (χ4v) is 5.82. The number of carbonyl (C=O) groups is 1. The minimum atomic E-state index is 0.00255. The molecule has 0 aromatic carbocycles. The third-order valence-corrected chi connectivity index (χ3v) is 6.76. The molecule has 0 amide bonds. The molecule has 0 aromatic rings. The van der Waals surface area contributed by atoms with Gasteiger partial charge in [0.05, 0.1) is 13.0 Å². The summed E-state index contributed by atoms with van der Waals surface area (Å²) in [6, 6.07) is 0. The van der Waals surface area contributed by atoms with Crippen LogP contribution in [-0.2, 0) is 9.53 Å². The Morgan fingerprint density at radius 1 is 1.05 bits per heavy atom. The van der Waals surface area contributed by atoms with Crippen molar-refractivity contribution in [2.75, 3.05) is 7.11 Å². The Morgan fingerprint density at radius 2 is 1.86 bits per heavy atom. The molecule has 4 atom stereocenters. The van der Waals surface area contributed by atoms with Crippen molar-refractivity contribution < 1.29 is 9.53 Å². The zero-order valence-corrected chi connectivity index (χ0v) is 13.8. The summed E-state index contributed by atoms with van der Waals surface area (Å²) in [5.41, 5.74) is 4.80. The number of esters is 1. The van der Waals surface area contributed by atoms with Crippen molar-refractivity contribution in [3.05, 3.63) is 22.8 Å². The molecule has 0 saturated heterocycles. The van der Waals surface area contributed by atoms with Gasteiger partial charge in [-0.2, -0.15) is 0 Å². The summed E-state index contributed by atoms with van der Waals surface area (Å²) in [4.78, 5) is 12.5. The van der Waals surface area contributed by atoms with Crippen LogP contribution in [0.3, 0.4) is 0 Å². The van der Waals surface area contributed by atoms with Gasteiger partial charge in [-0.15, -0.1) is 0 Å². The highest BCUT2D eigenvalue weighted by molar-refractivity contribution is 5.77. The van der Waals surface area contributed by atoms with Crippen LogP contribution in [0.25, 0.3) is 0 Å². The van der Waals surface area contributed by atoms with Crippen LogP contribution in [-0.4, -0.2) is 13.1 Å². The molecule has 0 N–H and O–H groups in total. The molecule has 0 bridgehead atoms. The van der Waals surface area contributed by atoms with E-state index in [1.807, 2.05) is 0 Å². The number of rotatable bonds is 1. The van der Waals surface area contributed by atoms with E-state index in [1.165, 1.54) is 69.8 Å². The summed E-state index contributed by atoms with van der Waals surface area (Å²) in [5, 5.41) is 0. The molecule has 3 fully saturated rings. The summed E-state index contributed by atoms with van der Waals surface area (Å²) in [6.45, 7) is 0. The number of ether oxygens (including phenoxy) is 1. The Bertz CT molecular complexity index is 528. The molecule has 0 heterocycles. The van der Waals surface area contributed by atoms with Gasteiger partial charge in [0.15, 0.2) is 0 Å². The van der Waals surface area contributed by atoms with E-state index in [1.54, 1.807) is 18.3 Å². The number of hydrogen-bond acceptors (Lipinski definition) is 2. The number of fused-ring (bicyclic) bond motifs is 4. The third-order valence-electron chi connectivity index (χ3n) is 6.76. The molecule has 0 aromatic heterocycles. The lowest BCUT2D eigenvalue weighted by Gasteiger charge is -2.48. The SMILES string of the molecule is COC(=O)[C@@H]1C=C2CCCCC2=C2CC[C@@H]3CCCC[C@H]3C21. The second-order valence-electron chi connectivity index (χ2n) is 7.72. The highest BCUT2D eigenvalue weighted by atomic mass is 16.5. The Hall–Kier alpha value is -1.05. The van der Waals surface area contributed by atoms with Gasteiger partial charge in [-0.25, -0.2) is 0 Å². The van der Waals surface area contributed by atoms with Gasteiger partial charge in [0, 0.05) is 5.92 Å². The van der Waals surface area contributed by atoms with E-state index < -0.39 is 0 Å². The largest absolute Gasteiger partial charge is 0.469 e. The molecule has 120 valence electrons. The van der Waals surface area contributed by atoms with E-state index in [0.717, 1.165) is 11.8 Å². The molecule has 0 spiro atoms. The summed E-state index contributed by atoms with van der Waals surface area (Å²) < 4.78 is 5.19. The first kappa shape index (κ1) is 14.5. The molecular weight excluding hydrogens is 272 g/mol. The predicted molar refractivity (Wildman–Crippen MR) is 87.3 cm³/mol. The van der Waals surface area contributed by atoms with Crippen molar-refractivity contribution in [1.29, 1.82) is 0 Å². The Morgan fingerprint density at radius 3 is 2.73 bits per heavy atom. The molecule has 4 rings (SSSR count). The summed E-state index contributed by atoms with van der Waals surface area (Å²) in [5.74, 6) is 2.06. The average molecular weight is 300 g/mol. The maximum Gasteiger partial charge on any atom is 0.313 e. The zero-order valence-electron chi connectivity index (χ0n) is 13.8. The van der Waals surface area contributed by atoms with Crippen LogP contribution in [0.4, 0.5) is 0 Å².